The van der Waals surface area contributed by atoms with E-state index in [1.54, 1.807) is 0 Å². The predicted molar refractivity (Wildman–Crippen MR) is 78.1 cm³/mol. The predicted octanol–water partition coefficient (Wildman–Crippen LogP) is 3.82. The molecular formula is C16H27NO. The van der Waals surface area contributed by atoms with Crippen LogP contribution in [0.1, 0.15) is 34.6 Å². The third-order valence-electron chi connectivity index (χ3n) is 3.40. The molecule has 0 aliphatic heterocycles. The van der Waals surface area contributed by atoms with Crippen molar-refractivity contribution in [3.05, 3.63) is 30.3 Å². The molecule has 0 amide bonds. The fourth-order valence-electron chi connectivity index (χ4n) is 2.26. The third kappa shape index (κ3) is 4.34. The van der Waals surface area contributed by atoms with Crippen LogP contribution < -0.4 is 4.74 Å². The maximum absolute atomic E-state index is 5.94. The zero-order valence-corrected chi connectivity index (χ0v) is 12.4. The molecule has 1 unspecified atom stereocenters. The molecule has 2 nitrogen and oxygen atoms in total. The van der Waals surface area contributed by atoms with Crippen LogP contribution in [0.15, 0.2) is 30.3 Å². The second-order valence-electron chi connectivity index (χ2n) is 5.73. The van der Waals surface area contributed by atoms with Gasteiger partial charge in [-0.25, -0.2) is 0 Å². The Morgan fingerprint density at radius 3 is 2.06 bits per heavy atom. The number of hydrogen-bond acceptors (Lipinski definition) is 2. The molecule has 0 fully saturated rings. The molecule has 1 aromatic rings. The smallest absolute Gasteiger partial charge is 0.119 e. The van der Waals surface area contributed by atoms with Gasteiger partial charge in [-0.15, -0.1) is 0 Å². The van der Waals surface area contributed by atoms with Crippen molar-refractivity contribution < 1.29 is 4.74 Å². The zero-order chi connectivity index (χ0) is 13.6. The Balaban J connectivity index is 2.68. The van der Waals surface area contributed by atoms with Crippen molar-refractivity contribution >= 4 is 0 Å². The van der Waals surface area contributed by atoms with Gasteiger partial charge in [-0.2, -0.15) is 0 Å². The number of hydrogen-bond donors (Lipinski definition) is 0. The molecule has 0 spiro atoms. The Morgan fingerprint density at radius 2 is 1.61 bits per heavy atom. The molecule has 1 atom stereocenters. The Bertz CT molecular complexity index is 325. The molecule has 0 heterocycles. The van der Waals surface area contributed by atoms with Crippen LogP contribution in [0, 0.1) is 5.41 Å². The van der Waals surface area contributed by atoms with Crippen molar-refractivity contribution in [1.82, 2.24) is 4.90 Å². The number of rotatable bonds is 6. The van der Waals surface area contributed by atoms with Crippen LogP contribution >= 0.6 is 0 Å². The van der Waals surface area contributed by atoms with Crippen LogP contribution in [-0.2, 0) is 0 Å². The summed E-state index contributed by atoms with van der Waals surface area (Å²) in [5, 5.41) is 0. The number of nitrogens with zero attached hydrogens (tertiary/aromatic N) is 1. The second kappa shape index (κ2) is 6.79. The Labute approximate surface area is 112 Å². The van der Waals surface area contributed by atoms with Crippen LogP contribution in [-0.4, -0.2) is 30.6 Å². The van der Waals surface area contributed by atoms with Gasteiger partial charge in [0.05, 0.1) is 0 Å². The molecule has 0 aliphatic rings. The molecule has 0 saturated carbocycles. The molecule has 102 valence electrons. The molecule has 1 rings (SSSR count). The highest BCUT2D eigenvalue weighted by Gasteiger charge is 2.29. The first kappa shape index (κ1) is 15.0. The van der Waals surface area contributed by atoms with Crippen molar-refractivity contribution in [2.24, 2.45) is 5.41 Å². The lowest BCUT2D eigenvalue weighted by molar-refractivity contribution is 0.0641. The first-order valence-electron chi connectivity index (χ1n) is 6.91. The minimum absolute atomic E-state index is 0.223. The maximum Gasteiger partial charge on any atom is 0.119 e. The van der Waals surface area contributed by atoms with E-state index in [9.17, 15) is 0 Å². The minimum Gasteiger partial charge on any atom is -0.492 e. The van der Waals surface area contributed by atoms with Gasteiger partial charge in [-0.3, -0.25) is 4.90 Å². The Hall–Kier alpha value is -1.02. The average Bonchev–Trinajstić information content (AvgIpc) is 2.34. The van der Waals surface area contributed by atoms with E-state index >= 15 is 0 Å². The quantitative estimate of drug-likeness (QED) is 0.760. The molecule has 0 aliphatic carbocycles. The van der Waals surface area contributed by atoms with E-state index in [-0.39, 0.29) is 5.41 Å². The van der Waals surface area contributed by atoms with E-state index in [4.69, 9.17) is 4.74 Å². The van der Waals surface area contributed by atoms with E-state index in [1.807, 2.05) is 30.3 Å². The van der Waals surface area contributed by atoms with E-state index in [1.165, 1.54) is 0 Å². The van der Waals surface area contributed by atoms with Crippen LogP contribution in [0.4, 0.5) is 0 Å². The van der Waals surface area contributed by atoms with Gasteiger partial charge in [0.2, 0.25) is 0 Å². The van der Waals surface area contributed by atoms with Crippen molar-refractivity contribution in [2.75, 3.05) is 19.7 Å². The summed E-state index contributed by atoms with van der Waals surface area (Å²) in [5.74, 6) is 0.957. The van der Waals surface area contributed by atoms with Gasteiger partial charge >= 0.3 is 0 Å². The summed E-state index contributed by atoms with van der Waals surface area (Å²) >= 11 is 0. The number of ether oxygens (including phenoxy) is 1. The zero-order valence-electron chi connectivity index (χ0n) is 12.4. The molecule has 18 heavy (non-hydrogen) atoms. The molecule has 0 N–H and O–H groups in total. The van der Waals surface area contributed by atoms with E-state index in [0.29, 0.717) is 6.04 Å². The largest absolute Gasteiger partial charge is 0.492 e. The van der Waals surface area contributed by atoms with Crippen LogP contribution in [0.3, 0.4) is 0 Å². The van der Waals surface area contributed by atoms with Crippen LogP contribution in [0.5, 0.6) is 5.75 Å². The van der Waals surface area contributed by atoms with Gasteiger partial charge < -0.3 is 4.74 Å². The topological polar surface area (TPSA) is 12.5 Å². The molecule has 0 radical (unpaired) electrons. The highest BCUT2D eigenvalue weighted by Crippen LogP contribution is 2.25. The summed E-state index contributed by atoms with van der Waals surface area (Å²) < 4.78 is 5.94. The SMILES string of the molecule is CCN(CC)C(COc1ccccc1)C(C)(C)C. The summed E-state index contributed by atoms with van der Waals surface area (Å²) in [6.45, 7) is 14.1. The van der Waals surface area contributed by atoms with E-state index in [0.717, 1.165) is 25.4 Å². The van der Waals surface area contributed by atoms with Gasteiger partial charge in [0.1, 0.15) is 12.4 Å². The van der Waals surface area contributed by atoms with E-state index < -0.39 is 0 Å². The monoisotopic (exact) mass is 249 g/mol. The summed E-state index contributed by atoms with van der Waals surface area (Å²) in [5.41, 5.74) is 0.223. The summed E-state index contributed by atoms with van der Waals surface area (Å²) in [4.78, 5) is 2.48. The van der Waals surface area contributed by atoms with Gasteiger partial charge in [0, 0.05) is 6.04 Å². The fourth-order valence-corrected chi connectivity index (χ4v) is 2.26. The normalized spacial score (nSPS) is 13.7. The molecule has 1 aromatic carbocycles. The first-order chi connectivity index (χ1) is 8.49. The Kier molecular flexibility index (Phi) is 5.67. The van der Waals surface area contributed by atoms with Crippen molar-refractivity contribution in [2.45, 2.75) is 40.7 Å². The van der Waals surface area contributed by atoms with Gasteiger partial charge in [-0.1, -0.05) is 52.8 Å². The second-order valence-corrected chi connectivity index (χ2v) is 5.73. The van der Waals surface area contributed by atoms with Crippen molar-refractivity contribution in [1.29, 1.82) is 0 Å². The third-order valence-corrected chi connectivity index (χ3v) is 3.40. The summed E-state index contributed by atoms with van der Waals surface area (Å²) in [6, 6.07) is 10.5. The molecular weight excluding hydrogens is 222 g/mol. The highest BCUT2D eigenvalue weighted by atomic mass is 16.5. The van der Waals surface area contributed by atoms with Crippen molar-refractivity contribution in [3.8, 4) is 5.75 Å². The molecule has 0 saturated heterocycles. The minimum atomic E-state index is 0.223. The van der Waals surface area contributed by atoms with Gasteiger partial charge in [0.25, 0.3) is 0 Å². The molecule has 0 aromatic heterocycles. The Morgan fingerprint density at radius 1 is 1.06 bits per heavy atom. The van der Waals surface area contributed by atoms with Crippen molar-refractivity contribution in [3.63, 3.8) is 0 Å². The number of para-hydroxylation sites is 1. The lowest BCUT2D eigenvalue weighted by atomic mass is 9.86. The maximum atomic E-state index is 5.94. The summed E-state index contributed by atoms with van der Waals surface area (Å²) in [7, 11) is 0. The molecule has 0 bridgehead atoms. The lowest BCUT2D eigenvalue weighted by Crippen LogP contribution is -2.47. The average molecular weight is 249 g/mol. The van der Waals surface area contributed by atoms with Gasteiger partial charge in [0.15, 0.2) is 0 Å². The van der Waals surface area contributed by atoms with Crippen LogP contribution in [0.25, 0.3) is 0 Å². The van der Waals surface area contributed by atoms with Crippen LogP contribution in [0.2, 0.25) is 0 Å². The number of likely N-dealkylation sites (N-methyl/N-ethyl adjacent to an activating group) is 1. The highest BCUT2D eigenvalue weighted by molar-refractivity contribution is 5.21. The standard InChI is InChI=1S/C16H27NO/c1-6-17(7-2)15(16(3,4)5)13-18-14-11-9-8-10-12-14/h8-12,15H,6-7,13H2,1-5H3. The van der Waals surface area contributed by atoms with Gasteiger partial charge in [-0.05, 0) is 30.6 Å². The first-order valence-corrected chi connectivity index (χ1v) is 6.91. The fraction of sp³-hybridized carbons (Fsp3) is 0.625. The summed E-state index contributed by atoms with van der Waals surface area (Å²) in [6.07, 6.45) is 0. The number of benzene rings is 1. The van der Waals surface area contributed by atoms with E-state index in [2.05, 4.69) is 39.5 Å². The molecule has 2 heteroatoms. The lowest BCUT2D eigenvalue weighted by Gasteiger charge is -2.39.